The van der Waals surface area contributed by atoms with Gasteiger partial charge in [0, 0.05) is 6.92 Å². The van der Waals surface area contributed by atoms with Gasteiger partial charge in [0.2, 0.25) is 5.69 Å². The van der Waals surface area contributed by atoms with Gasteiger partial charge >= 0.3 is 11.7 Å². The lowest BCUT2D eigenvalue weighted by atomic mass is 10.2. The Morgan fingerprint density at radius 1 is 1.20 bits per heavy atom. The van der Waals surface area contributed by atoms with E-state index >= 15 is 0 Å². The number of hydrogen-bond donors (Lipinski definition) is 0. The number of carbonyl (C=O) groups excluding carboxylic acids is 1. The maximum Gasteiger partial charge on any atom is 0.389 e. The van der Waals surface area contributed by atoms with Crippen LogP contribution in [0.4, 0.5) is 0 Å². The number of aryl methyl sites for hydroxylation is 3. The van der Waals surface area contributed by atoms with Crippen molar-refractivity contribution in [1.82, 2.24) is 15.1 Å². The predicted octanol–water partition coefficient (Wildman–Crippen LogP) is 0.689. The summed E-state index contributed by atoms with van der Waals surface area (Å²) < 4.78 is 9.38. The second-order valence-electron chi connectivity index (χ2n) is 4.37. The molecule has 2 heterocycles. The highest BCUT2D eigenvalue weighted by atomic mass is 16.8. The van der Waals surface area contributed by atoms with Crippen molar-refractivity contribution < 1.29 is 19.1 Å². The van der Waals surface area contributed by atoms with Gasteiger partial charge < -0.3 is 9.94 Å². The maximum absolute atomic E-state index is 11.8. The first kappa shape index (κ1) is 13.9. The molecule has 0 fully saturated rings. The van der Waals surface area contributed by atoms with Crippen LogP contribution in [0.15, 0.2) is 4.63 Å². The van der Waals surface area contributed by atoms with E-state index in [1.165, 1.54) is 6.92 Å². The molecule has 0 N–H and O–H groups in total. The van der Waals surface area contributed by atoms with E-state index < -0.39 is 5.97 Å². The van der Waals surface area contributed by atoms with Crippen molar-refractivity contribution in [2.75, 3.05) is 0 Å². The van der Waals surface area contributed by atoms with Crippen LogP contribution in [0.25, 0.3) is 0 Å². The van der Waals surface area contributed by atoms with Crippen LogP contribution >= 0.6 is 0 Å². The minimum atomic E-state index is -0.736. The SMILES string of the molecule is Cc1nc(C)c(COC(=O)c2no[n+]([O-])c2C)nc1C. The van der Waals surface area contributed by atoms with Gasteiger partial charge in [0.1, 0.15) is 6.61 Å². The van der Waals surface area contributed by atoms with E-state index in [-0.39, 0.29) is 22.9 Å². The van der Waals surface area contributed by atoms with Gasteiger partial charge in [-0.3, -0.25) is 14.6 Å². The molecule has 0 saturated carbocycles. The molecule has 0 aliphatic heterocycles. The summed E-state index contributed by atoms with van der Waals surface area (Å²) in [6, 6.07) is 0. The molecule has 0 amide bonds. The molecule has 0 unspecified atom stereocenters. The van der Waals surface area contributed by atoms with Crippen LogP contribution in [0.3, 0.4) is 0 Å². The van der Waals surface area contributed by atoms with E-state index in [1.54, 1.807) is 6.92 Å². The molecule has 106 valence electrons. The third-order valence-electron chi connectivity index (χ3n) is 2.94. The van der Waals surface area contributed by atoms with Crippen molar-refractivity contribution in [1.29, 1.82) is 0 Å². The third-order valence-corrected chi connectivity index (χ3v) is 2.94. The maximum atomic E-state index is 11.8. The van der Waals surface area contributed by atoms with Gasteiger partial charge in [-0.2, -0.15) is 0 Å². The van der Waals surface area contributed by atoms with E-state index in [0.717, 1.165) is 11.4 Å². The zero-order chi connectivity index (χ0) is 14.9. The van der Waals surface area contributed by atoms with Gasteiger partial charge in [-0.25, -0.2) is 4.79 Å². The summed E-state index contributed by atoms with van der Waals surface area (Å²) in [6.07, 6.45) is 0. The Morgan fingerprint density at radius 3 is 2.45 bits per heavy atom. The number of rotatable bonds is 3. The van der Waals surface area contributed by atoms with Gasteiger partial charge in [0.15, 0.2) is 0 Å². The van der Waals surface area contributed by atoms with Crippen LogP contribution in [-0.2, 0) is 11.3 Å². The zero-order valence-corrected chi connectivity index (χ0v) is 11.6. The van der Waals surface area contributed by atoms with Crippen LogP contribution in [0, 0.1) is 32.9 Å². The topological polar surface area (TPSA) is 105 Å². The Bertz CT molecular complexity index is 666. The molecule has 0 atom stereocenters. The van der Waals surface area contributed by atoms with E-state index in [1.807, 2.05) is 13.8 Å². The van der Waals surface area contributed by atoms with E-state index in [2.05, 4.69) is 19.8 Å². The molecule has 0 aliphatic carbocycles. The van der Waals surface area contributed by atoms with E-state index in [9.17, 15) is 10.0 Å². The van der Waals surface area contributed by atoms with Crippen molar-refractivity contribution in [3.05, 3.63) is 39.4 Å². The highest BCUT2D eigenvalue weighted by molar-refractivity contribution is 5.87. The highest BCUT2D eigenvalue weighted by Gasteiger charge is 2.24. The third kappa shape index (κ3) is 2.58. The van der Waals surface area contributed by atoms with Crippen LogP contribution in [0.5, 0.6) is 0 Å². The smallest absolute Gasteiger partial charge is 0.389 e. The van der Waals surface area contributed by atoms with Crippen LogP contribution < -0.4 is 4.90 Å². The molecular weight excluding hydrogens is 264 g/mol. The monoisotopic (exact) mass is 278 g/mol. The van der Waals surface area contributed by atoms with Crippen molar-refractivity contribution in [2.45, 2.75) is 34.3 Å². The van der Waals surface area contributed by atoms with Crippen molar-refractivity contribution in [3.8, 4) is 0 Å². The molecule has 2 aromatic heterocycles. The lowest BCUT2D eigenvalue weighted by molar-refractivity contribution is -0.806. The van der Waals surface area contributed by atoms with Gasteiger partial charge in [-0.15, -0.1) is 0 Å². The molecule has 2 aromatic rings. The molecule has 8 heteroatoms. The lowest BCUT2D eigenvalue weighted by Crippen LogP contribution is -2.26. The van der Waals surface area contributed by atoms with Crippen LogP contribution in [0.1, 0.15) is 39.0 Å². The van der Waals surface area contributed by atoms with Gasteiger partial charge in [0.05, 0.1) is 27.9 Å². The number of carbonyl (C=O) groups is 1. The molecule has 20 heavy (non-hydrogen) atoms. The van der Waals surface area contributed by atoms with Crippen molar-refractivity contribution in [2.24, 2.45) is 0 Å². The first-order valence-corrected chi connectivity index (χ1v) is 5.94. The second kappa shape index (κ2) is 5.24. The Morgan fingerprint density at radius 2 is 1.85 bits per heavy atom. The van der Waals surface area contributed by atoms with Gasteiger partial charge in [-0.05, 0) is 25.7 Å². The summed E-state index contributed by atoms with van der Waals surface area (Å²) in [7, 11) is 0. The number of aromatic nitrogens is 4. The normalized spacial score (nSPS) is 10.6. The summed E-state index contributed by atoms with van der Waals surface area (Å²) in [6.45, 7) is 6.85. The Labute approximate surface area is 114 Å². The molecule has 0 radical (unpaired) electrons. The van der Waals surface area contributed by atoms with Crippen molar-refractivity contribution >= 4 is 5.97 Å². The first-order valence-electron chi connectivity index (χ1n) is 5.94. The van der Waals surface area contributed by atoms with Gasteiger partial charge in [0.25, 0.3) is 0 Å². The largest absolute Gasteiger partial charge is 0.453 e. The zero-order valence-electron chi connectivity index (χ0n) is 11.6. The molecule has 0 saturated heterocycles. The fraction of sp³-hybridized carbons (Fsp3) is 0.417. The molecule has 8 nitrogen and oxygen atoms in total. The molecule has 0 aromatic carbocycles. The number of esters is 1. The number of ether oxygens (including phenoxy) is 1. The molecule has 0 spiro atoms. The summed E-state index contributed by atoms with van der Waals surface area (Å²) in [4.78, 5) is 20.5. The first-order chi connectivity index (χ1) is 9.40. The summed E-state index contributed by atoms with van der Waals surface area (Å²) in [5.41, 5.74) is 2.77. The number of nitrogens with zero attached hydrogens (tertiary/aromatic N) is 4. The molecule has 0 aliphatic rings. The Kier molecular flexibility index (Phi) is 3.64. The standard InChI is InChI=1S/C12H14N4O4/c1-6-7(2)14-10(8(3)13-6)5-19-12(17)11-9(4)16(18)20-15-11/h5H2,1-4H3. The summed E-state index contributed by atoms with van der Waals surface area (Å²) in [5, 5.41) is 14.4. The molecule has 2 rings (SSSR count). The van der Waals surface area contributed by atoms with Crippen LogP contribution in [-0.4, -0.2) is 21.1 Å². The minimum absolute atomic E-state index is 0.0378. The summed E-state index contributed by atoms with van der Waals surface area (Å²) >= 11 is 0. The van der Waals surface area contributed by atoms with E-state index in [4.69, 9.17) is 4.74 Å². The molecular formula is C12H14N4O4. The fourth-order valence-corrected chi connectivity index (χ4v) is 1.58. The number of hydrogen-bond acceptors (Lipinski definition) is 7. The minimum Gasteiger partial charge on any atom is -0.453 e. The summed E-state index contributed by atoms with van der Waals surface area (Å²) in [5.74, 6) is -0.736. The van der Waals surface area contributed by atoms with Crippen molar-refractivity contribution in [3.63, 3.8) is 0 Å². The fourth-order valence-electron chi connectivity index (χ4n) is 1.58. The highest BCUT2D eigenvalue weighted by Crippen LogP contribution is 2.10. The average molecular weight is 278 g/mol. The quantitative estimate of drug-likeness (QED) is 0.600. The Hall–Kier alpha value is -2.51. The van der Waals surface area contributed by atoms with Gasteiger partial charge in [-0.1, -0.05) is 0 Å². The Balaban J connectivity index is 2.11. The average Bonchev–Trinajstić information content (AvgIpc) is 2.72. The predicted molar refractivity (Wildman–Crippen MR) is 65.6 cm³/mol. The second-order valence-corrected chi connectivity index (χ2v) is 4.37. The van der Waals surface area contributed by atoms with Crippen LogP contribution in [0.2, 0.25) is 0 Å². The molecule has 0 bridgehead atoms. The van der Waals surface area contributed by atoms with E-state index in [0.29, 0.717) is 11.4 Å². The lowest BCUT2D eigenvalue weighted by Gasteiger charge is -2.07.